The molecule has 2 aromatic carbocycles. The second-order valence-corrected chi connectivity index (χ2v) is 6.96. The Labute approximate surface area is 159 Å². The lowest BCUT2D eigenvalue weighted by molar-refractivity contribution is -0.125. The maximum absolute atomic E-state index is 12.1. The van der Waals surface area contributed by atoms with Crippen molar-refractivity contribution in [1.82, 2.24) is 5.43 Å². The maximum Gasteiger partial charge on any atom is 0.243 e. The van der Waals surface area contributed by atoms with Gasteiger partial charge in [-0.05, 0) is 42.7 Å². The van der Waals surface area contributed by atoms with Crippen LogP contribution >= 0.6 is 11.6 Å². The molecule has 2 aromatic rings. The zero-order valence-corrected chi connectivity index (χ0v) is 15.4. The van der Waals surface area contributed by atoms with Crippen LogP contribution in [0.2, 0.25) is 5.02 Å². The number of nitrogens with zero attached hydrogens (tertiary/aromatic N) is 1. The second-order valence-electron chi connectivity index (χ2n) is 6.52. The highest BCUT2D eigenvalue weighted by molar-refractivity contribution is 6.30. The van der Waals surface area contributed by atoms with Crippen molar-refractivity contribution in [3.05, 3.63) is 64.7 Å². The van der Waals surface area contributed by atoms with E-state index in [2.05, 4.69) is 10.5 Å². The minimum atomic E-state index is 0.0144. The molecule has 0 saturated heterocycles. The zero-order valence-electron chi connectivity index (χ0n) is 14.7. The first-order valence-corrected chi connectivity index (χ1v) is 9.39. The van der Waals surface area contributed by atoms with E-state index in [0.29, 0.717) is 11.6 Å². The Morgan fingerprint density at radius 2 is 1.85 bits per heavy atom. The molecule has 1 fully saturated rings. The number of rotatable bonds is 6. The highest BCUT2D eigenvalue weighted by Crippen LogP contribution is 2.23. The number of amides is 1. The van der Waals surface area contributed by atoms with E-state index >= 15 is 0 Å². The number of para-hydroxylation sites is 1. The first kappa shape index (κ1) is 18.5. The summed E-state index contributed by atoms with van der Waals surface area (Å²) < 4.78 is 5.89. The number of hydrogen-bond donors (Lipinski definition) is 1. The number of halogens is 1. The molecule has 4 nitrogen and oxygen atoms in total. The Morgan fingerprint density at radius 3 is 2.62 bits per heavy atom. The van der Waals surface area contributed by atoms with Crippen LogP contribution in [0.15, 0.2) is 53.6 Å². The maximum atomic E-state index is 12.1. The summed E-state index contributed by atoms with van der Waals surface area (Å²) in [5.74, 6) is 0.830. The van der Waals surface area contributed by atoms with Gasteiger partial charge in [-0.3, -0.25) is 4.79 Å². The van der Waals surface area contributed by atoms with Crippen molar-refractivity contribution >= 4 is 23.7 Å². The topological polar surface area (TPSA) is 50.7 Å². The van der Waals surface area contributed by atoms with Gasteiger partial charge in [0, 0.05) is 16.5 Å². The molecule has 1 aliphatic carbocycles. The van der Waals surface area contributed by atoms with Crippen LogP contribution in [0.4, 0.5) is 0 Å². The fraction of sp³-hybridized carbons (Fsp3) is 0.333. The van der Waals surface area contributed by atoms with Crippen LogP contribution in [0.5, 0.6) is 5.75 Å². The predicted molar refractivity (Wildman–Crippen MR) is 105 cm³/mol. The third-order valence-electron chi connectivity index (χ3n) is 4.58. The van der Waals surface area contributed by atoms with Crippen LogP contribution in [0, 0.1) is 5.92 Å². The average Bonchev–Trinajstić information content (AvgIpc) is 2.69. The summed E-state index contributed by atoms with van der Waals surface area (Å²) in [7, 11) is 0. The van der Waals surface area contributed by atoms with Crippen molar-refractivity contribution in [1.29, 1.82) is 0 Å². The lowest BCUT2D eigenvalue weighted by Crippen LogP contribution is -2.28. The number of hydrazone groups is 1. The quantitative estimate of drug-likeness (QED) is 0.577. The Morgan fingerprint density at radius 1 is 1.12 bits per heavy atom. The first-order chi connectivity index (χ1) is 12.7. The van der Waals surface area contributed by atoms with Crippen LogP contribution in [-0.4, -0.2) is 12.1 Å². The summed E-state index contributed by atoms with van der Waals surface area (Å²) in [6.45, 7) is 0.441. The Hall–Kier alpha value is -2.33. The van der Waals surface area contributed by atoms with Crippen LogP contribution in [-0.2, 0) is 11.4 Å². The average molecular weight is 371 g/mol. The molecule has 5 heteroatoms. The summed E-state index contributed by atoms with van der Waals surface area (Å²) in [6, 6.07) is 15.2. The predicted octanol–water partition coefficient (Wildman–Crippen LogP) is 4.95. The van der Waals surface area contributed by atoms with E-state index in [9.17, 15) is 4.79 Å². The van der Waals surface area contributed by atoms with Crippen molar-refractivity contribution in [2.45, 2.75) is 38.7 Å². The molecule has 3 rings (SSSR count). The van der Waals surface area contributed by atoms with Crippen molar-refractivity contribution in [2.75, 3.05) is 0 Å². The van der Waals surface area contributed by atoms with Gasteiger partial charge in [-0.15, -0.1) is 0 Å². The molecule has 0 radical (unpaired) electrons. The summed E-state index contributed by atoms with van der Waals surface area (Å²) in [5, 5.41) is 4.83. The third-order valence-corrected chi connectivity index (χ3v) is 4.83. The van der Waals surface area contributed by atoms with E-state index in [-0.39, 0.29) is 11.8 Å². The largest absolute Gasteiger partial charge is 0.488 e. The second kappa shape index (κ2) is 9.39. The summed E-state index contributed by atoms with van der Waals surface area (Å²) >= 11 is 5.90. The SMILES string of the molecule is O=C(N/N=C/c1ccccc1OCc1ccc(Cl)cc1)C1CCCCC1. The molecular formula is C21H23ClN2O2. The molecule has 0 aliphatic heterocycles. The number of carbonyl (C=O) groups is 1. The van der Waals surface area contributed by atoms with Gasteiger partial charge in [-0.2, -0.15) is 5.10 Å². The third kappa shape index (κ3) is 5.33. The van der Waals surface area contributed by atoms with Gasteiger partial charge < -0.3 is 4.74 Å². The van der Waals surface area contributed by atoms with Gasteiger partial charge in [0.2, 0.25) is 5.91 Å². The molecule has 0 heterocycles. The number of ether oxygens (including phenoxy) is 1. The Kier molecular flexibility index (Phi) is 6.67. The van der Waals surface area contributed by atoms with Crippen LogP contribution < -0.4 is 10.2 Å². The zero-order chi connectivity index (χ0) is 18.2. The minimum absolute atomic E-state index is 0.0144. The smallest absolute Gasteiger partial charge is 0.243 e. The van der Waals surface area contributed by atoms with E-state index in [0.717, 1.165) is 42.6 Å². The molecular weight excluding hydrogens is 348 g/mol. The summed E-state index contributed by atoms with van der Waals surface area (Å²) in [6.07, 6.45) is 7.04. The van der Waals surface area contributed by atoms with E-state index < -0.39 is 0 Å². The highest BCUT2D eigenvalue weighted by atomic mass is 35.5. The van der Waals surface area contributed by atoms with Gasteiger partial charge in [0.25, 0.3) is 0 Å². The van der Waals surface area contributed by atoms with Crippen molar-refractivity contribution in [3.63, 3.8) is 0 Å². The van der Waals surface area contributed by atoms with Gasteiger partial charge in [-0.1, -0.05) is 55.1 Å². The molecule has 0 atom stereocenters. The van der Waals surface area contributed by atoms with E-state index in [1.54, 1.807) is 6.21 Å². The van der Waals surface area contributed by atoms with Crippen LogP contribution in [0.25, 0.3) is 0 Å². The number of benzene rings is 2. The number of hydrogen-bond acceptors (Lipinski definition) is 3. The van der Waals surface area contributed by atoms with Gasteiger partial charge in [0.05, 0.1) is 6.21 Å². The van der Waals surface area contributed by atoms with Crippen LogP contribution in [0.3, 0.4) is 0 Å². The Bertz CT molecular complexity index is 753. The van der Waals surface area contributed by atoms with Crippen molar-refractivity contribution < 1.29 is 9.53 Å². The summed E-state index contributed by atoms with van der Waals surface area (Å²) in [4.78, 5) is 12.1. The molecule has 0 bridgehead atoms. The number of carbonyl (C=O) groups excluding carboxylic acids is 1. The van der Waals surface area contributed by atoms with E-state index in [1.807, 2.05) is 48.5 Å². The molecule has 1 amide bonds. The van der Waals surface area contributed by atoms with Gasteiger partial charge in [0.15, 0.2) is 0 Å². The highest BCUT2D eigenvalue weighted by Gasteiger charge is 2.20. The van der Waals surface area contributed by atoms with Crippen LogP contribution in [0.1, 0.15) is 43.2 Å². The van der Waals surface area contributed by atoms with Gasteiger partial charge in [0.1, 0.15) is 12.4 Å². The number of nitrogens with one attached hydrogen (secondary N) is 1. The van der Waals surface area contributed by atoms with E-state index in [1.165, 1.54) is 6.42 Å². The molecule has 1 N–H and O–H groups in total. The molecule has 0 spiro atoms. The monoisotopic (exact) mass is 370 g/mol. The molecule has 0 aromatic heterocycles. The molecule has 1 saturated carbocycles. The molecule has 1 aliphatic rings. The van der Waals surface area contributed by atoms with Gasteiger partial charge in [-0.25, -0.2) is 5.43 Å². The molecule has 136 valence electrons. The normalized spacial score (nSPS) is 15.1. The molecule has 0 unspecified atom stereocenters. The van der Waals surface area contributed by atoms with Crippen molar-refractivity contribution in [3.8, 4) is 5.75 Å². The standard InChI is InChI=1S/C21H23ClN2O2/c22-19-12-10-16(11-13-19)15-26-20-9-5-4-8-18(20)14-23-24-21(25)17-6-2-1-3-7-17/h4-5,8-14,17H,1-3,6-7,15H2,(H,24,25)/b23-14+. The van der Waals surface area contributed by atoms with E-state index in [4.69, 9.17) is 16.3 Å². The lowest BCUT2D eigenvalue weighted by Gasteiger charge is -2.19. The summed E-state index contributed by atoms with van der Waals surface area (Å²) in [5.41, 5.74) is 4.53. The van der Waals surface area contributed by atoms with Gasteiger partial charge >= 0.3 is 0 Å². The first-order valence-electron chi connectivity index (χ1n) is 9.01. The fourth-order valence-corrected chi connectivity index (χ4v) is 3.21. The van der Waals surface area contributed by atoms with Crippen molar-refractivity contribution in [2.24, 2.45) is 11.0 Å². The molecule has 26 heavy (non-hydrogen) atoms. The minimum Gasteiger partial charge on any atom is -0.488 e. The lowest BCUT2D eigenvalue weighted by atomic mass is 9.89. The fourth-order valence-electron chi connectivity index (χ4n) is 3.08. The Balaban J connectivity index is 1.57.